The lowest BCUT2D eigenvalue weighted by molar-refractivity contribution is -0.0328. The van der Waals surface area contributed by atoms with Crippen molar-refractivity contribution >= 4 is 21.8 Å². The van der Waals surface area contributed by atoms with Crippen LogP contribution in [0.4, 0.5) is 13.2 Å². The number of nitrogens with one attached hydrogen (secondary N) is 1. The third-order valence-electron chi connectivity index (χ3n) is 3.36. The van der Waals surface area contributed by atoms with E-state index in [4.69, 9.17) is 9.47 Å². The lowest BCUT2D eigenvalue weighted by Crippen LogP contribution is -2.23. The van der Waals surface area contributed by atoms with E-state index < -0.39 is 15.5 Å². The van der Waals surface area contributed by atoms with Gasteiger partial charge in [0.05, 0.1) is 18.6 Å². The molecule has 0 fully saturated rings. The lowest BCUT2D eigenvalue weighted by atomic mass is 10.2. The molecule has 2 aromatic carbocycles. The van der Waals surface area contributed by atoms with Crippen molar-refractivity contribution in [3.05, 3.63) is 48.0 Å². The van der Waals surface area contributed by atoms with Crippen LogP contribution in [0, 0.1) is 0 Å². The van der Waals surface area contributed by atoms with E-state index in [1.165, 1.54) is 7.11 Å². The van der Waals surface area contributed by atoms with Crippen molar-refractivity contribution in [3.8, 4) is 11.5 Å². The van der Waals surface area contributed by atoms with Crippen LogP contribution >= 0.6 is 11.8 Å². The van der Waals surface area contributed by atoms with Gasteiger partial charge in [-0.2, -0.15) is 13.2 Å². The zero-order valence-electron chi connectivity index (χ0n) is 14.5. The molecule has 0 saturated heterocycles. The van der Waals surface area contributed by atoms with Crippen LogP contribution in [0.25, 0.3) is 0 Å². The van der Waals surface area contributed by atoms with Gasteiger partial charge in [-0.25, -0.2) is 13.1 Å². The zero-order chi connectivity index (χ0) is 20.1. The molecule has 148 valence electrons. The summed E-state index contributed by atoms with van der Waals surface area (Å²) in [6.07, 6.45) is 0. The molecular formula is C17H18F3NO4S2. The Morgan fingerprint density at radius 1 is 1.07 bits per heavy atom. The smallest absolute Gasteiger partial charge is 0.446 e. The van der Waals surface area contributed by atoms with E-state index in [0.29, 0.717) is 23.7 Å². The minimum absolute atomic E-state index is 0.00977. The molecule has 0 amide bonds. The summed E-state index contributed by atoms with van der Waals surface area (Å²) in [5.74, 6) is 1.02. The summed E-state index contributed by atoms with van der Waals surface area (Å²) in [5.41, 5.74) is -3.78. The molecule has 0 aliphatic heterocycles. The molecule has 0 aliphatic carbocycles. The largest absolute Gasteiger partial charge is 0.493 e. The number of alkyl halides is 3. The molecular weight excluding hydrogens is 403 g/mol. The van der Waals surface area contributed by atoms with Crippen LogP contribution in [0.2, 0.25) is 0 Å². The molecule has 0 aliphatic rings. The highest BCUT2D eigenvalue weighted by Gasteiger charge is 2.29. The summed E-state index contributed by atoms with van der Waals surface area (Å²) < 4.78 is 74.7. The highest BCUT2D eigenvalue weighted by molar-refractivity contribution is 8.00. The minimum Gasteiger partial charge on any atom is -0.493 e. The van der Waals surface area contributed by atoms with Crippen molar-refractivity contribution in [2.45, 2.75) is 28.8 Å². The number of halogens is 3. The van der Waals surface area contributed by atoms with E-state index in [2.05, 4.69) is 4.72 Å². The Balaban J connectivity index is 2.08. The minimum atomic E-state index is -4.43. The predicted molar refractivity (Wildman–Crippen MR) is 96.5 cm³/mol. The number of sulfonamides is 1. The van der Waals surface area contributed by atoms with Crippen LogP contribution in [0.5, 0.6) is 11.5 Å². The molecule has 0 atom stereocenters. The highest BCUT2D eigenvalue weighted by Crippen LogP contribution is 2.37. The standard InChI is InChI=1S/C17H18F3NO4S2/c1-3-25-15-9-4-12(10-16(15)24-2)11-21-27(22,23)14-7-5-13(6-8-14)26-17(18,19)20/h4-10,21H,3,11H2,1-2H3. The van der Waals surface area contributed by atoms with Gasteiger partial charge in [0.15, 0.2) is 11.5 Å². The molecule has 0 aromatic heterocycles. The Hall–Kier alpha value is -1.91. The number of hydrogen-bond donors (Lipinski definition) is 1. The van der Waals surface area contributed by atoms with Gasteiger partial charge in [-0.05, 0) is 60.6 Å². The van der Waals surface area contributed by atoms with Crippen molar-refractivity contribution in [2.75, 3.05) is 13.7 Å². The number of methoxy groups -OCH3 is 1. The molecule has 2 rings (SSSR count). The maximum absolute atomic E-state index is 12.3. The second-order valence-corrected chi connectivity index (χ2v) is 8.17. The number of ether oxygens (including phenoxy) is 2. The maximum Gasteiger partial charge on any atom is 0.446 e. The Bertz CT molecular complexity index is 869. The Morgan fingerprint density at radius 3 is 2.30 bits per heavy atom. The fourth-order valence-electron chi connectivity index (χ4n) is 2.18. The number of rotatable bonds is 8. The van der Waals surface area contributed by atoms with Crippen LogP contribution in [-0.4, -0.2) is 27.6 Å². The molecule has 0 saturated carbocycles. The number of thioether (sulfide) groups is 1. The van der Waals surface area contributed by atoms with E-state index in [0.717, 1.165) is 24.3 Å². The molecule has 0 radical (unpaired) electrons. The Kier molecular flexibility index (Phi) is 7.01. The average molecular weight is 421 g/mol. The van der Waals surface area contributed by atoms with Crippen molar-refractivity contribution in [1.82, 2.24) is 4.72 Å². The first-order chi connectivity index (χ1) is 12.6. The second kappa shape index (κ2) is 8.85. The first-order valence-corrected chi connectivity index (χ1v) is 10.1. The zero-order valence-corrected chi connectivity index (χ0v) is 16.2. The van der Waals surface area contributed by atoms with Gasteiger partial charge < -0.3 is 9.47 Å². The van der Waals surface area contributed by atoms with Crippen LogP contribution in [0.3, 0.4) is 0 Å². The van der Waals surface area contributed by atoms with E-state index in [9.17, 15) is 21.6 Å². The summed E-state index contributed by atoms with van der Waals surface area (Å²) in [4.78, 5) is -0.204. The highest BCUT2D eigenvalue weighted by atomic mass is 32.2. The van der Waals surface area contributed by atoms with Crippen LogP contribution in [0.1, 0.15) is 12.5 Å². The Labute approximate surface area is 159 Å². The summed E-state index contributed by atoms with van der Waals surface area (Å²) in [6.45, 7) is 2.29. The maximum atomic E-state index is 12.3. The summed E-state index contributed by atoms with van der Waals surface area (Å²) in [5, 5.41) is 0. The average Bonchev–Trinajstić information content (AvgIpc) is 2.60. The predicted octanol–water partition coefficient (Wildman–Crippen LogP) is 4.18. The summed E-state index contributed by atoms with van der Waals surface area (Å²) in [7, 11) is -2.39. The van der Waals surface area contributed by atoms with Gasteiger partial charge in [-0.3, -0.25) is 0 Å². The topological polar surface area (TPSA) is 64.6 Å². The van der Waals surface area contributed by atoms with Crippen LogP contribution in [-0.2, 0) is 16.6 Å². The van der Waals surface area contributed by atoms with Gasteiger partial charge in [-0.1, -0.05) is 6.07 Å². The van der Waals surface area contributed by atoms with Gasteiger partial charge >= 0.3 is 5.51 Å². The third kappa shape index (κ3) is 6.33. The normalized spacial score (nSPS) is 12.0. The SMILES string of the molecule is CCOc1ccc(CNS(=O)(=O)c2ccc(SC(F)(F)F)cc2)cc1OC. The van der Waals surface area contributed by atoms with E-state index >= 15 is 0 Å². The molecule has 27 heavy (non-hydrogen) atoms. The van der Waals surface area contributed by atoms with Crippen LogP contribution < -0.4 is 14.2 Å². The monoisotopic (exact) mass is 421 g/mol. The van der Waals surface area contributed by atoms with Gasteiger partial charge in [0, 0.05) is 11.4 Å². The number of hydrogen-bond acceptors (Lipinski definition) is 5. The lowest BCUT2D eigenvalue weighted by Gasteiger charge is -2.12. The molecule has 1 N–H and O–H groups in total. The van der Waals surface area contributed by atoms with Crippen molar-refractivity contribution in [2.24, 2.45) is 0 Å². The van der Waals surface area contributed by atoms with Gasteiger partial charge in [0.1, 0.15) is 0 Å². The van der Waals surface area contributed by atoms with Gasteiger partial charge in [-0.15, -0.1) is 0 Å². The molecule has 0 spiro atoms. The van der Waals surface area contributed by atoms with Crippen LogP contribution in [0.15, 0.2) is 52.3 Å². The van der Waals surface area contributed by atoms with E-state index in [1.54, 1.807) is 18.2 Å². The molecule has 2 aromatic rings. The molecule has 10 heteroatoms. The molecule has 5 nitrogen and oxygen atoms in total. The first-order valence-electron chi connectivity index (χ1n) is 7.80. The number of benzene rings is 2. The van der Waals surface area contributed by atoms with E-state index in [1.807, 2.05) is 6.92 Å². The molecule has 0 heterocycles. The quantitative estimate of drug-likeness (QED) is 0.648. The first kappa shape index (κ1) is 21.4. The molecule has 0 unspecified atom stereocenters. The Morgan fingerprint density at radius 2 is 1.74 bits per heavy atom. The fraction of sp³-hybridized carbons (Fsp3) is 0.294. The summed E-state index contributed by atoms with van der Waals surface area (Å²) in [6, 6.07) is 9.52. The van der Waals surface area contributed by atoms with Crippen molar-refractivity contribution in [1.29, 1.82) is 0 Å². The van der Waals surface area contributed by atoms with Crippen molar-refractivity contribution < 1.29 is 31.1 Å². The van der Waals surface area contributed by atoms with E-state index in [-0.39, 0.29) is 28.1 Å². The third-order valence-corrected chi connectivity index (χ3v) is 5.52. The van der Waals surface area contributed by atoms with Crippen molar-refractivity contribution in [3.63, 3.8) is 0 Å². The van der Waals surface area contributed by atoms with Gasteiger partial charge in [0.2, 0.25) is 10.0 Å². The second-order valence-electron chi connectivity index (χ2n) is 5.26. The van der Waals surface area contributed by atoms with Gasteiger partial charge in [0.25, 0.3) is 0 Å². The summed E-state index contributed by atoms with van der Waals surface area (Å²) >= 11 is -0.301. The molecule has 0 bridgehead atoms. The fourth-order valence-corrected chi connectivity index (χ4v) is 3.74.